The van der Waals surface area contributed by atoms with Crippen LogP contribution < -0.4 is 15.1 Å². The van der Waals surface area contributed by atoms with Gasteiger partial charge in [-0.1, -0.05) is 140 Å². The van der Waals surface area contributed by atoms with Crippen LogP contribution >= 0.6 is 0 Å². The molecule has 7 aromatic heterocycles. The number of aromatic nitrogens is 3. The van der Waals surface area contributed by atoms with E-state index in [-0.39, 0.29) is 0 Å². The van der Waals surface area contributed by atoms with E-state index in [0.29, 0.717) is 34.6 Å². The molecule has 8 heterocycles. The average Bonchev–Trinajstić information content (AvgIpc) is 2.98. The van der Waals surface area contributed by atoms with Gasteiger partial charge in [-0.2, -0.15) is 0 Å². The van der Waals surface area contributed by atoms with Crippen molar-refractivity contribution in [3.63, 3.8) is 0 Å². The molecule has 0 fully saturated rings. The third-order valence-corrected chi connectivity index (χ3v) is 16.7. The van der Waals surface area contributed by atoms with Crippen molar-refractivity contribution in [2.45, 2.75) is 0 Å². The largest absolute Gasteiger partial charge is 0.454 e. The second kappa shape index (κ2) is 18.0. The molecule has 17 aromatic rings. The minimum absolute atomic E-state index is 0.529. The second-order valence-corrected chi connectivity index (χ2v) is 21.5. The normalized spacial score (nSPS) is 12.5. The number of para-hydroxylation sites is 1. The molecule has 0 atom stereocenters. The maximum Gasteiger partial charge on any atom is 0.227 e. The smallest absolute Gasteiger partial charge is 0.227 e. The van der Waals surface area contributed by atoms with Crippen molar-refractivity contribution < 1.29 is 17.7 Å². The lowest BCUT2D eigenvalue weighted by Gasteiger charge is -2.28. The molecule has 0 spiro atoms. The molecule has 0 radical (unpaired) electrons. The number of fused-ring (bicyclic) bond motifs is 16. The highest BCUT2D eigenvalue weighted by atomic mass is 16.4. The van der Waals surface area contributed by atoms with Crippen molar-refractivity contribution in [1.29, 1.82) is 0 Å². The van der Waals surface area contributed by atoms with Gasteiger partial charge >= 0.3 is 0 Å². The van der Waals surface area contributed by atoms with E-state index in [1.165, 1.54) is 5.39 Å². The van der Waals surface area contributed by atoms with Crippen LogP contribution in [-0.2, 0) is 0 Å². The first-order chi connectivity index (χ1) is 41.6. The van der Waals surface area contributed by atoms with Gasteiger partial charge in [-0.25, -0.2) is 15.0 Å². The zero-order valence-electron chi connectivity index (χ0n) is 44.7. The van der Waals surface area contributed by atoms with Crippen LogP contribution in [0, 0.1) is 0 Å². The molecule has 10 heteroatoms. The number of pyridine rings is 3. The van der Waals surface area contributed by atoms with E-state index in [0.717, 1.165) is 144 Å². The van der Waals surface area contributed by atoms with Crippen LogP contribution in [-0.4, -0.2) is 21.5 Å². The maximum absolute atomic E-state index is 6.98. The molecule has 1 N–H and O–H groups in total. The van der Waals surface area contributed by atoms with Crippen LogP contribution in [0.2, 0.25) is 0 Å². The molecular weight excluding hydrogens is 1040 g/mol. The first kappa shape index (κ1) is 46.3. The van der Waals surface area contributed by atoms with Gasteiger partial charge in [0.1, 0.15) is 33.4 Å². The SMILES string of the molecule is C1=Cc2c(oc3cccc(N(c4cnc5c(c4)oc4ccc(-c6ccc(N(c7cnc8c(c7)oc7ccccc78)c7cc(-c8ccccc8)cc8ccccc78)c7c6oc6ncccc67)cc45)c4cc5ccccc5c5ccccc45)c23)NC1. The van der Waals surface area contributed by atoms with Crippen molar-refractivity contribution in [3.8, 4) is 22.3 Å². The van der Waals surface area contributed by atoms with E-state index < -0.39 is 0 Å². The van der Waals surface area contributed by atoms with Crippen molar-refractivity contribution in [3.05, 3.63) is 249 Å². The number of benzene rings is 10. The Morgan fingerprint density at radius 1 is 0.381 bits per heavy atom. The van der Waals surface area contributed by atoms with Crippen molar-refractivity contribution in [1.82, 2.24) is 15.0 Å². The lowest BCUT2D eigenvalue weighted by molar-refractivity contribution is 0.628. The van der Waals surface area contributed by atoms with Crippen molar-refractivity contribution >= 4 is 156 Å². The molecule has 0 aliphatic carbocycles. The van der Waals surface area contributed by atoms with E-state index in [1.807, 2.05) is 48.8 Å². The van der Waals surface area contributed by atoms with Crippen LogP contribution in [0.1, 0.15) is 5.56 Å². The maximum atomic E-state index is 6.98. The van der Waals surface area contributed by atoms with Crippen LogP contribution in [0.15, 0.2) is 261 Å². The highest BCUT2D eigenvalue weighted by molar-refractivity contribution is 6.20. The summed E-state index contributed by atoms with van der Waals surface area (Å²) >= 11 is 0. The number of hydrogen-bond acceptors (Lipinski definition) is 10. The molecule has 1 aliphatic heterocycles. The van der Waals surface area contributed by atoms with E-state index in [4.69, 9.17) is 32.6 Å². The van der Waals surface area contributed by atoms with E-state index in [9.17, 15) is 0 Å². The van der Waals surface area contributed by atoms with Crippen LogP contribution in [0.5, 0.6) is 0 Å². The van der Waals surface area contributed by atoms with Crippen molar-refractivity contribution in [2.75, 3.05) is 21.7 Å². The molecular formula is C74H44N6O4. The minimum atomic E-state index is 0.529. The molecule has 0 bridgehead atoms. The zero-order chi connectivity index (χ0) is 55.0. The molecule has 84 heavy (non-hydrogen) atoms. The van der Waals surface area contributed by atoms with Gasteiger partial charge in [0, 0.05) is 57.5 Å². The summed E-state index contributed by atoms with van der Waals surface area (Å²) in [7, 11) is 0. The van der Waals surface area contributed by atoms with Gasteiger partial charge in [0.25, 0.3) is 0 Å². The number of hydrogen-bond donors (Lipinski definition) is 1. The second-order valence-electron chi connectivity index (χ2n) is 21.5. The summed E-state index contributed by atoms with van der Waals surface area (Å²) < 4.78 is 26.9. The summed E-state index contributed by atoms with van der Waals surface area (Å²) in [4.78, 5) is 19.9. The quantitative estimate of drug-likeness (QED) is 0.148. The Morgan fingerprint density at radius 3 is 1.86 bits per heavy atom. The predicted molar refractivity (Wildman–Crippen MR) is 342 cm³/mol. The Balaban J connectivity index is 0.830. The molecule has 0 saturated heterocycles. The summed E-state index contributed by atoms with van der Waals surface area (Å²) in [5.41, 5.74) is 16.9. The summed E-state index contributed by atoms with van der Waals surface area (Å²) in [5, 5.41) is 14.8. The van der Waals surface area contributed by atoms with Crippen molar-refractivity contribution in [2.24, 2.45) is 0 Å². The Morgan fingerprint density at radius 2 is 1.04 bits per heavy atom. The Bertz CT molecular complexity index is 5620. The molecule has 1 aliphatic rings. The molecule has 18 rings (SSSR count). The molecule has 0 saturated carbocycles. The summed E-state index contributed by atoms with van der Waals surface area (Å²) in [6.07, 6.45) is 9.99. The summed E-state index contributed by atoms with van der Waals surface area (Å²) in [5.74, 6) is 0.758. The highest BCUT2D eigenvalue weighted by Gasteiger charge is 2.28. The first-order valence-electron chi connectivity index (χ1n) is 28.1. The predicted octanol–water partition coefficient (Wildman–Crippen LogP) is 20.5. The third kappa shape index (κ3) is 7.01. The van der Waals surface area contributed by atoms with Gasteiger partial charge in [0.15, 0.2) is 11.2 Å². The van der Waals surface area contributed by atoms with Gasteiger partial charge in [0.2, 0.25) is 11.6 Å². The molecule has 10 nitrogen and oxygen atoms in total. The number of nitrogens with zero attached hydrogens (tertiary/aromatic N) is 5. The third-order valence-electron chi connectivity index (χ3n) is 16.7. The Hall–Kier alpha value is -11.5. The summed E-state index contributed by atoms with van der Waals surface area (Å²) in [6.45, 7) is 0.696. The van der Waals surface area contributed by atoms with E-state index >= 15 is 0 Å². The average molecular weight is 1080 g/mol. The van der Waals surface area contributed by atoms with Gasteiger partial charge in [-0.3, -0.25) is 0 Å². The highest BCUT2D eigenvalue weighted by Crippen LogP contribution is 2.51. The van der Waals surface area contributed by atoms with E-state index in [2.05, 4.69) is 209 Å². The molecule has 394 valence electrons. The zero-order valence-corrected chi connectivity index (χ0v) is 44.7. The monoisotopic (exact) mass is 1080 g/mol. The number of nitrogens with one attached hydrogen (secondary N) is 1. The van der Waals surface area contributed by atoms with E-state index in [1.54, 1.807) is 6.20 Å². The minimum Gasteiger partial charge on any atom is -0.454 e. The van der Waals surface area contributed by atoms with Gasteiger partial charge in [-0.05, 0) is 117 Å². The fraction of sp³-hybridized carbons (Fsp3) is 0.0135. The number of anilines is 7. The Kier molecular flexibility index (Phi) is 9.92. The van der Waals surface area contributed by atoms with Gasteiger partial charge in [-0.15, -0.1) is 0 Å². The van der Waals surface area contributed by atoms with Gasteiger partial charge in [0.05, 0.1) is 62.7 Å². The molecule has 10 aromatic carbocycles. The molecule has 0 amide bonds. The van der Waals surface area contributed by atoms with Crippen LogP contribution in [0.3, 0.4) is 0 Å². The van der Waals surface area contributed by atoms with Gasteiger partial charge < -0.3 is 32.8 Å². The Labute approximate surface area is 478 Å². The van der Waals surface area contributed by atoms with Crippen LogP contribution in [0.4, 0.5) is 40.0 Å². The first-order valence-corrected chi connectivity index (χ1v) is 28.1. The fourth-order valence-corrected chi connectivity index (χ4v) is 13.0. The fourth-order valence-electron chi connectivity index (χ4n) is 13.0. The van der Waals surface area contributed by atoms with Crippen LogP contribution in [0.25, 0.3) is 138 Å². The number of furan rings is 4. The number of rotatable bonds is 8. The lowest BCUT2D eigenvalue weighted by Crippen LogP contribution is -2.12. The topological polar surface area (TPSA) is 110 Å². The lowest BCUT2D eigenvalue weighted by atomic mass is 9.97. The standard InChI is InChI=1S/C74H44N6O4/c1-2-15-43(16-3-1)47-35-44-17-5-7-20-51(44)61(38-47)80(49-39-66-70(77-41-49)55-23-10-11-27-63(55)81-66)60-31-30-52(72-69(60)57-25-14-34-76-74(57)84-72)46-29-32-64-58(36-46)71-67(82-64)40-48(42-78-71)79(59-26-12-28-65-68(59)56-24-13-33-75-73(56)83-65)62-37-45-18-4-6-19-50(45)53-21-8-9-22-54(53)62/h1-32,34-42,75H,33H2. The summed E-state index contributed by atoms with van der Waals surface area (Å²) in [6, 6.07) is 76.4. The molecule has 0 unspecified atom stereocenters.